The molecule has 5 heteroatoms. The summed E-state index contributed by atoms with van der Waals surface area (Å²) in [5, 5.41) is 2.22. The fourth-order valence-electron chi connectivity index (χ4n) is 0.627. The van der Waals surface area contributed by atoms with Crippen molar-refractivity contribution >= 4 is 0 Å². The Kier molecular flexibility index (Phi) is 1.50. The van der Waals surface area contributed by atoms with Crippen LogP contribution in [-0.4, -0.2) is 18.1 Å². The molecular formula is C5H5F3N2. The van der Waals surface area contributed by atoms with Crippen LogP contribution in [-0.2, 0) is 0 Å². The molecule has 0 aliphatic carbocycles. The van der Waals surface area contributed by atoms with E-state index in [1.54, 1.807) is 0 Å². The van der Waals surface area contributed by atoms with Gasteiger partial charge in [0.05, 0.1) is 0 Å². The van der Waals surface area contributed by atoms with Crippen LogP contribution < -0.4 is 5.32 Å². The smallest absolute Gasteiger partial charge is 0.360 e. The van der Waals surface area contributed by atoms with E-state index in [-0.39, 0.29) is 0 Å². The molecule has 0 atom stereocenters. The summed E-state index contributed by atoms with van der Waals surface area (Å²) < 4.78 is 35.5. The van der Waals surface area contributed by atoms with E-state index >= 15 is 0 Å². The average molecular weight is 150 g/mol. The molecular weight excluding hydrogens is 145 g/mol. The van der Waals surface area contributed by atoms with Gasteiger partial charge in [0.25, 0.3) is 0 Å². The van der Waals surface area contributed by atoms with E-state index in [0.29, 0.717) is 0 Å². The minimum absolute atomic E-state index is 0.729. The highest BCUT2D eigenvalue weighted by atomic mass is 19.4. The molecule has 56 valence electrons. The van der Waals surface area contributed by atoms with Gasteiger partial charge in [-0.15, -0.1) is 0 Å². The summed E-state index contributed by atoms with van der Waals surface area (Å²) in [6.45, 7) is 2.25. The lowest BCUT2D eigenvalue weighted by Crippen LogP contribution is -2.23. The van der Waals surface area contributed by atoms with Crippen LogP contribution in [0.3, 0.4) is 0 Å². The maximum absolute atomic E-state index is 11.8. The predicted molar refractivity (Wildman–Crippen MR) is 28.3 cm³/mol. The Bertz CT molecular complexity index is 161. The van der Waals surface area contributed by atoms with E-state index in [2.05, 4.69) is 12.0 Å². The van der Waals surface area contributed by atoms with Crippen LogP contribution in [0.5, 0.6) is 0 Å². The number of nitrogens with zero attached hydrogens (tertiary/aromatic N) is 1. The van der Waals surface area contributed by atoms with Crippen molar-refractivity contribution in [2.45, 2.75) is 6.18 Å². The molecule has 0 saturated carbocycles. The Morgan fingerprint density at radius 3 is 2.40 bits per heavy atom. The van der Waals surface area contributed by atoms with Gasteiger partial charge in [0.15, 0.2) is 0 Å². The van der Waals surface area contributed by atoms with Gasteiger partial charge >= 0.3 is 6.18 Å². The minimum atomic E-state index is -4.29. The molecule has 0 saturated heterocycles. The number of hydrogen-bond donors (Lipinski definition) is 1. The van der Waals surface area contributed by atoms with E-state index in [1.807, 2.05) is 0 Å². The van der Waals surface area contributed by atoms with E-state index in [9.17, 15) is 13.2 Å². The molecule has 0 unspecified atom stereocenters. The Morgan fingerprint density at radius 2 is 2.20 bits per heavy atom. The van der Waals surface area contributed by atoms with Crippen molar-refractivity contribution in [2.75, 3.05) is 7.05 Å². The summed E-state index contributed by atoms with van der Waals surface area (Å²) in [5.41, 5.74) is -0.729. The molecule has 0 aromatic carbocycles. The summed E-state index contributed by atoms with van der Waals surface area (Å²) in [6, 6.07) is 0. The van der Waals surface area contributed by atoms with E-state index < -0.39 is 11.9 Å². The van der Waals surface area contributed by atoms with Crippen molar-refractivity contribution in [1.29, 1.82) is 0 Å². The lowest BCUT2D eigenvalue weighted by atomic mass is 10.4. The van der Waals surface area contributed by atoms with Gasteiger partial charge in [-0.25, -0.2) is 0 Å². The molecule has 0 bridgehead atoms. The fourth-order valence-corrected chi connectivity index (χ4v) is 0.627. The van der Waals surface area contributed by atoms with Gasteiger partial charge < -0.3 is 10.2 Å². The molecule has 1 rings (SSSR count). The third-order valence-electron chi connectivity index (χ3n) is 1.09. The SMILES string of the molecule is CN1[C]NC=C1C(F)(F)F. The summed E-state index contributed by atoms with van der Waals surface area (Å²) in [6.07, 6.45) is -3.43. The second-order valence-electron chi connectivity index (χ2n) is 1.84. The second kappa shape index (κ2) is 2.07. The zero-order valence-electron chi connectivity index (χ0n) is 5.16. The van der Waals surface area contributed by atoms with Gasteiger partial charge in [-0.05, 0) is 0 Å². The first kappa shape index (κ1) is 7.24. The summed E-state index contributed by atoms with van der Waals surface area (Å²) in [5.74, 6) is 0. The Balaban J connectivity index is 2.72. The van der Waals surface area contributed by atoms with E-state index in [1.165, 1.54) is 7.05 Å². The van der Waals surface area contributed by atoms with Crippen LogP contribution in [0.4, 0.5) is 13.2 Å². The molecule has 0 fully saturated rings. The van der Waals surface area contributed by atoms with Crippen LogP contribution >= 0.6 is 0 Å². The summed E-state index contributed by atoms with van der Waals surface area (Å²) in [4.78, 5) is 0.861. The van der Waals surface area contributed by atoms with Crippen LogP contribution in [0.15, 0.2) is 11.9 Å². The number of alkyl halides is 3. The van der Waals surface area contributed by atoms with E-state index in [4.69, 9.17) is 0 Å². The quantitative estimate of drug-likeness (QED) is 0.552. The number of nitrogens with one attached hydrogen (secondary N) is 1. The first-order valence-electron chi connectivity index (χ1n) is 2.54. The van der Waals surface area contributed by atoms with Gasteiger partial charge in [-0.2, -0.15) is 13.2 Å². The fraction of sp³-hybridized carbons (Fsp3) is 0.400. The molecule has 10 heavy (non-hydrogen) atoms. The number of hydrogen-bond acceptors (Lipinski definition) is 2. The maximum atomic E-state index is 11.8. The molecule has 2 nitrogen and oxygen atoms in total. The molecule has 0 spiro atoms. The molecule has 1 heterocycles. The molecule has 0 aromatic heterocycles. The normalized spacial score (nSPS) is 18.8. The third kappa shape index (κ3) is 1.17. The van der Waals surface area contributed by atoms with Crippen LogP contribution in [0.25, 0.3) is 0 Å². The van der Waals surface area contributed by atoms with Crippen molar-refractivity contribution < 1.29 is 13.2 Å². The first-order valence-corrected chi connectivity index (χ1v) is 2.54. The van der Waals surface area contributed by atoms with Gasteiger partial charge in [-0.1, -0.05) is 0 Å². The molecule has 1 aliphatic heterocycles. The van der Waals surface area contributed by atoms with Gasteiger partial charge in [0, 0.05) is 13.2 Å². The van der Waals surface area contributed by atoms with Crippen molar-refractivity contribution in [3.05, 3.63) is 18.6 Å². The summed E-state index contributed by atoms with van der Waals surface area (Å²) in [7, 11) is 1.28. The van der Waals surface area contributed by atoms with Gasteiger partial charge in [0.2, 0.25) is 6.67 Å². The molecule has 2 radical (unpaired) electrons. The van der Waals surface area contributed by atoms with E-state index in [0.717, 1.165) is 11.1 Å². The van der Waals surface area contributed by atoms with Crippen LogP contribution in [0, 0.1) is 6.67 Å². The highest BCUT2D eigenvalue weighted by Crippen LogP contribution is 2.29. The topological polar surface area (TPSA) is 15.3 Å². The highest BCUT2D eigenvalue weighted by molar-refractivity contribution is 5.13. The van der Waals surface area contributed by atoms with Crippen LogP contribution in [0.1, 0.15) is 0 Å². The van der Waals surface area contributed by atoms with Crippen molar-refractivity contribution in [1.82, 2.24) is 10.2 Å². The predicted octanol–water partition coefficient (Wildman–Crippen LogP) is 0.921. The van der Waals surface area contributed by atoms with Crippen molar-refractivity contribution in [2.24, 2.45) is 0 Å². The number of rotatable bonds is 0. The monoisotopic (exact) mass is 150 g/mol. The second-order valence-corrected chi connectivity index (χ2v) is 1.84. The van der Waals surface area contributed by atoms with Crippen molar-refractivity contribution in [3.63, 3.8) is 0 Å². The number of halogens is 3. The van der Waals surface area contributed by atoms with Crippen molar-refractivity contribution in [3.8, 4) is 0 Å². The lowest BCUT2D eigenvalue weighted by Gasteiger charge is -2.15. The molecule has 1 N–H and O–H groups in total. The first-order chi connectivity index (χ1) is 4.52. The Hall–Kier alpha value is -0.870. The van der Waals surface area contributed by atoms with Gasteiger partial charge in [-0.3, -0.25) is 0 Å². The minimum Gasteiger partial charge on any atom is -0.360 e. The van der Waals surface area contributed by atoms with Gasteiger partial charge in [0.1, 0.15) is 5.70 Å². The molecule has 1 aliphatic rings. The largest absolute Gasteiger partial charge is 0.432 e. The molecule has 0 amide bonds. The third-order valence-corrected chi connectivity index (χ3v) is 1.09. The van der Waals surface area contributed by atoms with Crippen LogP contribution in [0.2, 0.25) is 0 Å². The summed E-state index contributed by atoms with van der Waals surface area (Å²) >= 11 is 0. The Morgan fingerprint density at radius 1 is 1.60 bits per heavy atom. The lowest BCUT2D eigenvalue weighted by molar-refractivity contribution is -0.105. The number of allylic oxidation sites excluding steroid dienone is 1. The highest BCUT2D eigenvalue weighted by Gasteiger charge is 2.38. The Labute approximate surface area is 56.3 Å². The standard InChI is InChI=1S/C5H5F3N2/c1-10-3-9-2-4(10)5(6,7)8/h2,9H,1H3. The zero-order valence-corrected chi connectivity index (χ0v) is 5.16. The zero-order chi connectivity index (χ0) is 7.78. The molecule has 0 aromatic rings. The maximum Gasteiger partial charge on any atom is 0.432 e. The average Bonchev–Trinajstić information content (AvgIpc) is 2.11.